The van der Waals surface area contributed by atoms with Gasteiger partial charge in [0.15, 0.2) is 0 Å². The molecule has 3 amide bonds. The van der Waals surface area contributed by atoms with Gasteiger partial charge in [0.25, 0.3) is 5.91 Å². The normalized spacial score (nSPS) is 9.81. The fourth-order valence-electron chi connectivity index (χ4n) is 1.58. The topological polar surface area (TPSA) is 83.1 Å². The Kier molecular flexibility index (Phi) is 4.89. The third-order valence-corrected chi connectivity index (χ3v) is 3.05. The fourth-order valence-corrected chi connectivity index (χ4v) is 1.94. The Morgan fingerprint density at radius 1 is 1.05 bits per heavy atom. The van der Waals surface area contributed by atoms with Crippen molar-refractivity contribution < 1.29 is 9.59 Å². The molecule has 0 fully saturated rings. The van der Waals surface area contributed by atoms with Gasteiger partial charge in [-0.2, -0.15) is 0 Å². The maximum Gasteiger partial charge on any atom is 0.318 e. The van der Waals surface area contributed by atoms with Crippen LogP contribution in [-0.2, 0) is 0 Å². The molecule has 1 aromatic heterocycles. The van der Waals surface area contributed by atoms with E-state index in [0.717, 1.165) is 0 Å². The van der Waals surface area contributed by atoms with Crippen molar-refractivity contribution in [3.63, 3.8) is 0 Å². The summed E-state index contributed by atoms with van der Waals surface area (Å²) in [5, 5.41) is 7.86. The largest absolute Gasteiger partial charge is 0.341 e. The molecule has 0 aliphatic carbocycles. The number of amides is 3. The average Bonchev–Trinajstić information content (AvgIpc) is 2.49. The van der Waals surface area contributed by atoms with Crippen LogP contribution in [0.2, 0.25) is 0 Å². The van der Waals surface area contributed by atoms with Gasteiger partial charge in [-0.1, -0.05) is 0 Å². The Morgan fingerprint density at radius 2 is 1.67 bits per heavy atom. The Morgan fingerprint density at radius 3 is 2.24 bits per heavy atom. The maximum atomic E-state index is 12.0. The summed E-state index contributed by atoms with van der Waals surface area (Å²) >= 11 is 3.22. The highest BCUT2D eigenvalue weighted by molar-refractivity contribution is 9.10. The van der Waals surface area contributed by atoms with Crippen LogP contribution in [0.25, 0.3) is 0 Å². The number of nitrogens with zero attached hydrogens (tertiary/aromatic N) is 1. The second kappa shape index (κ2) is 6.85. The molecule has 21 heavy (non-hydrogen) atoms. The Bertz CT molecular complexity index is 658. The zero-order valence-corrected chi connectivity index (χ0v) is 12.8. The molecule has 108 valence electrons. The fraction of sp³-hybridized carbons (Fsp3) is 0.0714. The summed E-state index contributed by atoms with van der Waals surface area (Å²) in [4.78, 5) is 27.2. The summed E-state index contributed by atoms with van der Waals surface area (Å²) < 4.78 is 0.597. The van der Waals surface area contributed by atoms with Crippen LogP contribution in [0.1, 0.15) is 10.4 Å². The SMILES string of the molecule is CNC(=O)Nc1ccc(NC(=O)c2ccnc(Br)c2)cc1. The van der Waals surface area contributed by atoms with Crippen LogP contribution in [-0.4, -0.2) is 24.0 Å². The highest BCUT2D eigenvalue weighted by atomic mass is 79.9. The Balaban J connectivity index is 2.03. The van der Waals surface area contributed by atoms with Gasteiger partial charge >= 0.3 is 6.03 Å². The second-order valence-corrected chi connectivity index (χ2v) is 4.92. The van der Waals surface area contributed by atoms with Crippen LogP contribution in [0.4, 0.5) is 16.2 Å². The highest BCUT2D eigenvalue weighted by Gasteiger charge is 2.07. The van der Waals surface area contributed by atoms with Crippen molar-refractivity contribution in [2.45, 2.75) is 0 Å². The van der Waals surface area contributed by atoms with Gasteiger partial charge in [-0.3, -0.25) is 4.79 Å². The number of carbonyl (C=O) groups excluding carboxylic acids is 2. The Labute approximate surface area is 130 Å². The zero-order valence-electron chi connectivity index (χ0n) is 11.2. The number of nitrogens with one attached hydrogen (secondary N) is 3. The standard InChI is InChI=1S/C14H13BrN4O2/c1-16-14(21)19-11-4-2-10(3-5-11)18-13(20)9-6-7-17-12(15)8-9/h2-8H,1H3,(H,18,20)(H2,16,19,21). The molecule has 3 N–H and O–H groups in total. The van der Waals surface area contributed by atoms with E-state index in [4.69, 9.17) is 0 Å². The molecule has 0 saturated carbocycles. The minimum atomic E-state index is -0.298. The van der Waals surface area contributed by atoms with Crippen LogP contribution in [0.5, 0.6) is 0 Å². The van der Waals surface area contributed by atoms with Crippen LogP contribution >= 0.6 is 15.9 Å². The number of rotatable bonds is 3. The monoisotopic (exact) mass is 348 g/mol. The summed E-state index contributed by atoms with van der Waals surface area (Å²) in [7, 11) is 1.54. The van der Waals surface area contributed by atoms with E-state index in [2.05, 4.69) is 36.9 Å². The van der Waals surface area contributed by atoms with Crippen molar-refractivity contribution in [3.05, 3.63) is 52.8 Å². The lowest BCUT2D eigenvalue weighted by Gasteiger charge is -2.07. The molecule has 2 rings (SSSR count). The van der Waals surface area contributed by atoms with Crippen molar-refractivity contribution in [1.82, 2.24) is 10.3 Å². The van der Waals surface area contributed by atoms with E-state index in [1.54, 1.807) is 42.6 Å². The molecule has 0 aliphatic heterocycles. The molecular weight excluding hydrogens is 336 g/mol. The molecule has 0 bridgehead atoms. The number of halogens is 1. The molecule has 1 aromatic carbocycles. The summed E-state index contributed by atoms with van der Waals surface area (Å²) in [5.41, 5.74) is 1.78. The molecule has 0 radical (unpaired) electrons. The molecule has 0 spiro atoms. The first-order valence-corrected chi connectivity index (χ1v) is 6.89. The zero-order chi connectivity index (χ0) is 15.2. The Hall–Kier alpha value is -2.41. The number of carbonyl (C=O) groups is 2. The lowest BCUT2D eigenvalue weighted by Crippen LogP contribution is -2.24. The summed E-state index contributed by atoms with van der Waals surface area (Å²) in [5.74, 6) is -0.231. The van der Waals surface area contributed by atoms with Gasteiger partial charge < -0.3 is 16.0 Å². The highest BCUT2D eigenvalue weighted by Crippen LogP contribution is 2.15. The van der Waals surface area contributed by atoms with Crippen molar-refractivity contribution in [3.8, 4) is 0 Å². The number of urea groups is 1. The van der Waals surface area contributed by atoms with Crippen LogP contribution < -0.4 is 16.0 Å². The molecular formula is C14H13BrN4O2. The minimum Gasteiger partial charge on any atom is -0.341 e. The molecule has 1 heterocycles. The number of aromatic nitrogens is 1. The summed E-state index contributed by atoms with van der Waals surface area (Å²) in [6, 6.07) is 9.78. The third kappa shape index (κ3) is 4.28. The van der Waals surface area contributed by atoms with Crippen molar-refractivity contribution in [1.29, 1.82) is 0 Å². The van der Waals surface area contributed by atoms with E-state index in [1.165, 1.54) is 7.05 Å². The quantitative estimate of drug-likeness (QED) is 0.745. The lowest BCUT2D eigenvalue weighted by atomic mass is 10.2. The molecule has 0 saturated heterocycles. The number of pyridine rings is 1. The summed E-state index contributed by atoms with van der Waals surface area (Å²) in [6.07, 6.45) is 1.55. The van der Waals surface area contributed by atoms with Gasteiger partial charge in [-0.25, -0.2) is 9.78 Å². The van der Waals surface area contributed by atoms with Crippen LogP contribution in [0.15, 0.2) is 47.2 Å². The number of benzene rings is 1. The molecule has 6 nitrogen and oxygen atoms in total. The minimum absolute atomic E-state index is 0.231. The predicted molar refractivity (Wildman–Crippen MR) is 84.4 cm³/mol. The smallest absolute Gasteiger partial charge is 0.318 e. The van der Waals surface area contributed by atoms with E-state index in [0.29, 0.717) is 21.5 Å². The van der Waals surface area contributed by atoms with Gasteiger partial charge in [0.2, 0.25) is 0 Å². The molecule has 0 aliphatic rings. The van der Waals surface area contributed by atoms with E-state index >= 15 is 0 Å². The molecule has 2 aromatic rings. The summed E-state index contributed by atoms with van der Waals surface area (Å²) in [6.45, 7) is 0. The van der Waals surface area contributed by atoms with E-state index in [9.17, 15) is 9.59 Å². The first-order valence-electron chi connectivity index (χ1n) is 6.10. The number of hydrogen-bond acceptors (Lipinski definition) is 3. The third-order valence-electron chi connectivity index (χ3n) is 2.62. The van der Waals surface area contributed by atoms with Gasteiger partial charge in [-0.15, -0.1) is 0 Å². The van der Waals surface area contributed by atoms with E-state index in [-0.39, 0.29) is 11.9 Å². The van der Waals surface area contributed by atoms with E-state index in [1.807, 2.05) is 0 Å². The first kappa shape index (κ1) is 15.0. The van der Waals surface area contributed by atoms with Crippen molar-refractivity contribution in [2.75, 3.05) is 17.7 Å². The van der Waals surface area contributed by atoms with Gasteiger partial charge in [0.05, 0.1) is 0 Å². The van der Waals surface area contributed by atoms with Gasteiger partial charge in [-0.05, 0) is 52.3 Å². The molecule has 0 unspecified atom stereocenters. The second-order valence-electron chi connectivity index (χ2n) is 4.10. The maximum absolute atomic E-state index is 12.0. The van der Waals surface area contributed by atoms with E-state index < -0.39 is 0 Å². The number of anilines is 2. The lowest BCUT2D eigenvalue weighted by molar-refractivity contribution is 0.102. The molecule has 7 heteroatoms. The van der Waals surface area contributed by atoms with Gasteiger partial charge in [0, 0.05) is 30.2 Å². The number of hydrogen-bond donors (Lipinski definition) is 3. The molecule has 0 atom stereocenters. The van der Waals surface area contributed by atoms with Crippen LogP contribution in [0, 0.1) is 0 Å². The van der Waals surface area contributed by atoms with Crippen molar-refractivity contribution in [2.24, 2.45) is 0 Å². The van der Waals surface area contributed by atoms with Crippen molar-refractivity contribution >= 4 is 39.2 Å². The van der Waals surface area contributed by atoms with Crippen LogP contribution in [0.3, 0.4) is 0 Å². The average molecular weight is 349 g/mol. The predicted octanol–water partition coefficient (Wildman–Crippen LogP) is 2.85. The van der Waals surface area contributed by atoms with Gasteiger partial charge in [0.1, 0.15) is 4.60 Å². The first-order chi connectivity index (χ1) is 10.1.